The van der Waals surface area contributed by atoms with Crippen molar-refractivity contribution in [1.29, 1.82) is 0 Å². The molecule has 0 aromatic rings. The number of rotatable bonds is 6. The molecule has 1 aliphatic rings. The Balaban J connectivity index is 2.50. The standard InChI is InChI=1S/C13H29N3/c1-5-7-13(10-14-3)16-9-8-15(4)12(6-2)11-16/h12-14H,5-11H2,1-4H3. The lowest BCUT2D eigenvalue weighted by molar-refractivity contribution is 0.0595. The van der Waals surface area contributed by atoms with Gasteiger partial charge in [0.05, 0.1) is 0 Å². The first-order chi connectivity index (χ1) is 7.72. The monoisotopic (exact) mass is 227 g/mol. The predicted octanol–water partition coefficient (Wildman–Crippen LogP) is 1.40. The summed E-state index contributed by atoms with van der Waals surface area (Å²) in [4.78, 5) is 5.20. The van der Waals surface area contributed by atoms with E-state index in [-0.39, 0.29) is 0 Å². The van der Waals surface area contributed by atoms with Crippen LogP contribution in [0.4, 0.5) is 0 Å². The first-order valence-electron chi connectivity index (χ1n) is 6.81. The quantitative estimate of drug-likeness (QED) is 0.740. The maximum Gasteiger partial charge on any atom is 0.0221 e. The third-order valence-electron chi connectivity index (χ3n) is 3.86. The van der Waals surface area contributed by atoms with Gasteiger partial charge in [-0.15, -0.1) is 0 Å². The zero-order chi connectivity index (χ0) is 12.0. The Hall–Kier alpha value is -0.120. The van der Waals surface area contributed by atoms with Crippen molar-refractivity contribution in [1.82, 2.24) is 15.1 Å². The highest BCUT2D eigenvalue weighted by Gasteiger charge is 2.26. The van der Waals surface area contributed by atoms with Crippen molar-refractivity contribution in [3.05, 3.63) is 0 Å². The minimum Gasteiger partial charge on any atom is -0.318 e. The van der Waals surface area contributed by atoms with Crippen LogP contribution in [0.15, 0.2) is 0 Å². The van der Waals surface area contributed by atoms with Crippen molar-refractivity contribution >= 4 is 0 Å². The van der Waals surface area contributed by atoms with Crippen LogP contribution in [0.3, 0.4) is 0 Å². The summed E-state index contributed by atoms with van der Waals surface area (Å²) in [5.74, 6) is 0. The molecular weight excluding hydrogens is 198 g/mol. The highest BCUT2D eigenvalue weighted by molar-refractivity contribution is 4.84. The molecule has 96 valence electrons. The highest BCUT2D eigenvalue weighted by atomic mass is 15.3. The second kappa shape index (κ2) is 7.25. The Morgan fingerprint density at radius 1 is 1.31 bits per heavy atom. The maximum absolute atomic E-state index is 3.34. The Morgan fingerprint density at radius 3 is 2.62 bits per heavy atom. The van der Waals surface area contributed by atoms with Gasteiger partial charge >= 0.3 is 0 Å². The minimum absolute atomic E-state index is 0.734. The van der Waals surface area contributed by atoms with Crippen LogP contribution in [-0.2, 0) is 0 Å². The van der Waals surface area contributed by atoms with Gasteiger partial charge in [-0.1, -0.05) is 20.3 Å². The first-order valence-corrected chi connectivity index (χ1v) is 6.81. The number of hydrogen-bond donors (Lipinski definition) is 1. The molecule has 0 bridgehead atoms. The summed E-state index contributed by atoms with van der Waals surface area (Å²) in [7, 11) is 4.33. The molecule has 1 aliphatic heterocycles. The fraction of sp³-hybridized carbons (Fsp3) is 1.00. The average molecular weight is 227 g/mol. The molecule has 0 aliphatic carbocycles. The zero-order valence-corrected chi connectivity index (χ0v) is 11.5. The van der Waals surface area contributed by atoms with E-state index in [0.717, 1.165) is 18.6 Å². The van der Waals surface area contributed by atoms with Gasteiger partial charge in [-0.25, -0.2) is 0 Å². The summed E-state index contributed by atoms with van der Waals surface area (Å²) < 4.78 is 0. The van der Waals surface area contributed by atoms with Crippen molar-refractivity contribution in [2.75, 3.05) is 40.3 Å². The summed E-state index contributed by atoms with van der Waals surface area (Å²) in [5, 5.41) is 3.34. The molecule has 0 aromatic carbocycles. The highest BCUT2D eigenvalue weighted by Crippen LogP contribution is 2.15. The van der Waals surface area contributed by atoms with Gasteiger partial charge in [0.25, 0.3) is 0 Å². The van der Waals surface area contributed by atoms with Gasteiger partial charge in [0, 0.05) is 38.3 Å². The van der Waals surface area contributed by atoms with Gasteiger partial charge in [0.2, 0.25) is 0 Å². The molecule has 16 heavy (non-hydrogen) atoms. The zero-order valence-electron chi connectivity index (χ0n) is 11.5. The van der Waals surface area contributed by atoms with Crippen molar-refractivity contribution < 1.29 is 0 Å². The molecule has 0 aromatic heterocycles. The Bertz CT molecular complexity index is 178. The number of likely N-dealkylation sites (N-methyl/N-ethyl adjacent to an activating group) is 2. The lowest BCUT2D eigenvalue weighted by Crippen LogP contribution is -2.55. The van der Waals surface area contributed by atoms with Gasteiger partial charge in [0.15, 0.2) is 0 Å². The Kier molecular flexibility index (Phi) is 6.32. The van der Waals surface area contributed by atoms with E-state index in [2.05, 4.69) is 43.1 Å². The van der Waals surface area contributed by atoms with Crippen LogP contribution in [0.1, 0.15) is 33.1 Å². The molecule has 3 nitrogen and oxygen atoms in total. The van der Waals surface area contributed by atoms with Gasteiger partial charge < -0.3 is 10.2 Å². The summed E-state index contributed by atoms with van der Waals surface area (Å²) >= 11 is 0. The summed E-state index contributed by atoms with van der Waals surface area (Å²) in [5.41, 5.74) is 0. The molecule has 2 atom stereocenters. The summed E-state index contributed by atoms with van der Waals surface area (Å²) in [6.07, 6.45) is 3.88. The summed E-state index contributed by atoms with van der Waals surface area (Å²) in [6.45, 7) is 9.43. The van der Waals surface area contributed by atoms with Gasteiger partial charge in [0.1, 0.15) is 0 Å². The Morgan fingerprint density at radius 2 is 2.06 bits per heavy atom. The topological polar surface area (TPSA) is 18.5 Å². The lowest BCUT2D eigenvalue weighted by atomic mass is 10.0. The molecule has 1 fully saturated rings. The van der Waals surface area contributed by atoms with E-state index in [4.69, 9.17) is 0 Å². The number of piperazine rings is 1. The van der Waals surface area contributed by atoms with E-state index < -0.39 is 0 Å². The largest absolute Gasteiger partial charge is 0.318 e. The molecule has 3 heteroatoms. The third kappa shape index (κ3) is 3.72. The number of hydrogen-bond acceptors (Lipinski definition) is 3. The van der Waals surface area contributed by atoms with Crippen LogP contribution in [0.25, 0.3) is 0 Å². The van der Waals surface area contributed by atoms with Gasteiger partial charge in [-0.2, -0.15) is 0 Å². The molecule has 0 spiro atoms. The molecule has 1 heterocycles. The van der Waals surface area contributed by atoms with Crippen molar-refractivity contribution in [2.45, 2.75) is 45.2 Å². The fourth-order valence-corrected chi connectivity index (χ4v) is 2.73. The molecule has 2 unspecified atom stereocenters. The van der Waals surface area contributed by atoms with Gasteiger partial charge in [-0.3, -0.25) is 4.90 Å². The average Bonchev–Trinajstić information content (AvgIpc) is 2.29. The fourth-order valence-electron chi connectivity index (χ4n) is 2.73. The van der Waals surface area contributed by atoms with Crippen molar-refractivity contribution in [3.8, 4) is 0 Å². The normalized spacial score (nSPS) is 25.9. The first kappa shape index (κ1) is 13.9. The number of nitrogens with one attached hydrogen (secondary N) is 1. The van der Waals surface area contributed by atoms with Crippen LogP contribution in [-0.4, -0.2) is 62.2 Å². The molecule has 0 amide bonds. The molecule has 1 rings (SSSR count). The van der Waals surface area contributed by atoms with E-state index in [1.165, 1.54) is 38.9 Å². The third-order valence-corrected chi connectivity index (χ3v) is 3.86. The van der Waals surface area contributed by atoms with Gasteiger partial charge in [-0.05, 0) is 26.9 Å². The van der Waals surface area contributed by atoms with Crippen LogP contribution in [0.2, 0.25) is 0 Å². The molecule has 0 radical (unpaired) electrons. The minimum atomic E-state index is 0.734. The predicted molar refractivity (Wildman–Crippen MR) is 70.9 cm³/mol. The number of nitrogens with zero attached hydrogens (tertiary/aromatic N) is 2. The van der Waals surface area contributed by atoms with E-state index >= 15 is 0 Å². The Labute approximate surface area is 101 Å². The van der Waals surface area contributed by atoms with Crippen LogP contribution >= 0.6 is 0 Å². The van der Waals surface area contributed by atoms with E-state index in [0.29, 0.717) is 0 Å². The summed E-state index contributed by atoms with van der Waals surface area (Å²) in [6, 6.07) is 1.49. The van der Waals surface area contributed by atoms with Crippen LogP contribution in [0, 0.1) is 0 Å². The van der Waals surface area contributed by atoms with Crippen LogP contribution < -0.4 is 5.32 Å². The van der Waals surface area contributed by atoms with E-state index in [9.17, 15) is 0 Å². The molecule has 0 saturated carbocycles. The van der Waals surface area contributed by atoms with E-state index in [1.807, 2.05) is 0 Å². The molecule has 1 saturated heterocycles. The van der Waals surface area contributed by atoms with Crippen molar-refractivity contribution in [3.63, 3.8) is 0 Å². The molecule has 1 N–H and O–H groups in total. The molecular formula is C13H29N3. The van der Waals surface area contributed by atoms with E-state index in [1.54, 1.807) is 0 Å². The maximum atomic E-state index is 3.34. The second-order valence-electron chi connectivity index (χ2n) is 5.04. The lowest BCUT2D eigenvalue weighted by Gasteiger charge is -2.43. The second-order valence-corrected chi connectivity index (χ2v) is 5.04. The SMILES string of the molecule is CCCC(CNC)N1CCN(C)C(CC)C1. The van der Waals surface area contributed by atoms with Crippen LogP contribution in [0.5, 0.6) is 0 Å². The van der Waals surface area contributed by atoms with Crippen molar-refractivity contribution in [2.24, 2.45) is 0 Å². The smallest absolute Gasteiger partial charge is 0.0221 e.